The van der Waals surface area contributed by atoms with Crippen LogP contribution in [0.3, 0.4) is 0 Å². The Balaban J connectivity index is 2.10. The zero-order chi connectivity index (χ0) is 11.1. The van der Waals surface area contributed by atoms with Gasteiger partial charge >= 0.3 is 0 Å². The molecule has 1 amide bonds. The Hall–Kier alpha value is -0.570. The predicted octanol–water partition coefficient (Wildman–Crippen LogP) is 1.63. The second-order valence-corrected chi connectivity index (χ2v) is 4.35. The van der Waals surface area contributed by atoms with Gasteiger partial charge in [0.15, 0.2) is 0 Å². The first kappa shape index (κ1) is 12.5. The van der Waals surface area contributed by atoms with Crippen LogP contribution in [-0.4, -0.2) is 37.0 Å². The summed E-state index contributed by atoms with van der Waals surface area (Å²) >= 11 is 0. The molecule has 0 saturated heterocycles. The number of hydrogen-bond donors (Lipinski definition) is 1. The lowest BCUT2D eigenvalue weighted by Gasteiger charge is -2.19. The molecule has 1 aliphatic carbocycles. The van der Waals surface area contributed by atoms with Crippen LogP contribution in [0.4, 0.5) is 0 Å². The Morgan fingerprint density at radius 2 is 1.87 bits per heavy atom. The van der Waals surface area contributed by atoms with Gasteiger partial charge in [-0.1, -0.05) is 12.8 Å². The molecule has 0 radical (unpaired) electrons. The molecule has 88 valence electrons. The number of carbonyl (C=O) groups excluding carboxylic acids is 1. The van der Waals surface area contributed by atoms with Gasteiger partial charge in [-0.05, 0) is 39.2 Å². The van der Waals surface area contributed by atoms with E-state index < -0.39 is 0 Å². The number of carbonyl (C=O) groups is 1. The maximum Gasteiger partial charge on any atom is 0.236 e. The third kappa shape index (κ3) is 4.20. The van der Waals surface area contributed by atoms with E-state index in [1.165, 1.54) is 25.7 Å². The number of nitrogens with one attached hydrogen (secondary N) is 1. The highest BCUT2D eigenvalue weighted by molar-refractivity contribution is 5.78. The van der Waals surface area contributed by atoms with E-state index in [0.717, 1.165) is 25.6 Å². The van der Waals surface area contributed by atoms with Crippen LogP contribution in [0.2, 0.25) is 0 Å². The smallest absolute Gasteiger partial charge is 0.236 e. The summed E-state index contributed by atoms with van der Waals surface area (Å²) in [7, 11) is 0. The summed E-state index contributed by atoms with van der Waals surface area (Å²) in [6, 6.07) is 0. The molecular formula is C12H24N2O. The van der Waals surface area contributed by atoms with E-state index in [2.05, 4.69) is 5.32 Å². The Morgan fingerprint density at radius 3 is 2.40 bits per heavy atom. The highest BCUT2D eigenvalue weighted by Crippen LogP contribution is 2.23. The van der Waals surface area contributed by atoms with E-state index in [1.54, 1.807) is 0 Å². The van der Waals surface area contributed by atoms with Gasteiger partial charge in [-0.25, -0.2) is 0 Å². The average Bonchev–Trinajstić information content (AvgIpc) is 2.72. The molecule has 3 nitrogen and oxygen atoms in total. The number of likely N-dealkylation sites (N-methyl/N-ethyl adjacent to an activating group) is 1. The van der Waals surface area contributed by atoms with E-state index in [4.69, 9.17) is 0 Å². The first-order chi connectivity index (χ1) is 7.27. The highest BCUT2D eigenvalue weighted by atomic mass is 16.2. The van der Waals surface area contributed by atoms with Crippen molar-refractivity contribution in [3.63, 3.8) is 0 Å². The first-order valence-corrected chi connectivity index (χ1v) is 6.26. The zero-order valence-electron chi connectivity index (χ0n) is 10.1. The normalized spacial score (nSPS) is 16.9. The van der Waals surface area contributed by atoms with Crippen molar-refractivity contribution in [1.29, 1.82) is 0 Å². The van der Waals surface area contributed by atoms with E-state index in [1.807, 2.05) is 18.7 Å². The monoisotopic (exact) mass is 212 g/mol. The number of nitrogens with zero attached hydrogens (tertiary/aromatic N) is 1. The summed E-state index contributed by atoms with van der Waals surface area (Å²) < 4.78 is 0. The van der Waals surface area contributed by atoms with Gasteiger partial charge in [-0.15, -0.1) is 0 Å². The Morgan fingerprint density at radius 1 is 1.27 bits per heavy atom. The molecule has 1 fully saturated rings. The lowest BCUT2D eigenvalue weighted by molar-refractivity contribution is -0.129. The summed E-state index contributed by atoms with van der Waals surface area (Å²) in [5, 5.41) is 3.28. The lowest BCUT2D eigenvalue weighted by atomic mass is 10.1. The van der Waals surface area contributed by atoms with Crippen molar-refractivity contribution in [2.45, 2.75) is 39.5 Å². The molecule has 1 saturated carbocycles. The summed E-state index contributed by atoms with van der Waals surface area (Å²) in [5.41, 5.74) is 0. The van der Waals surface area contributed by atoms with Crippen molar-refractivity contribution in [1.82, 2.24) is 10.2 Å². The molecule has 0 spiro atoms. The molecule has 3 heteroatoms. The van der Waals surface area contributed by atoms with E-state index >= 15 is 0 Å². The molecule has 0 heterocycles. The highest BCUT2D eigenvalue weighted by Gasteiger charge is 2.15. The Labute approximate surface area is 93.2 Å². The van der Waals surface area contributed by atoms with Crippen LogP contribution in [0.5, 0.6) is 0 Å². The lowest BCUT2D eigenvalue weighted by Crippen LogP contribution is -2.39. The Kier molecular flexibility index (Phi) is 5.69. The van der Waals surface area contributed by atoms with Crippen molar-refractivity contribution in [3.8, 4) is 0 Å². The fourth-order valence-corrected chi connectivity index (χ4v) is 2.29. The van der Waals surface area contributed by atoms with Crippen LogP contribution in [0.1, 0.15) is 39.5 Å². The molecule has 1 aliphatic rings. The molecule has 0 aliphatic heterocycles. The summed E-state index contributed by atoms with van der Waals surface area (Å²) in [4.78, 5) is 13.5. The molecular weight excluding hydrogens is 188 g/mol. The van der Waals surface area contributed by atoms with Crippen molar-refractivity contribution < 1.29 is 4.79 Å². The molecule has 0 bridgehead atoms. The van der Waals surface area contributed by atoms with Crippen LogP contribution in [0.25, 0.3) is 0 Å². The first-order valence-electron chi connectivity index (χ1n) is 6.26. The minimum atomic E-state index is 0.234. The second-order valence-electron chi connectivity index (χ2n) is 4.35. The van der Waals surface area contributed by atoms with Gasteiger partial charge in [0.1, 0.15) is 0 Å². The SMILES string of the molecule is CCN(CC)C(=O)CNCC1CCCC1. The molecule has 0 atom stereocenters. The van der Waals surface area contributed by atoms with Gasteiger partial charge in [-0.2, -0.15) is 0 Å². The number of amides is 1. The van der Waals surface area contributed by atoms with Crippen LogP contribution >= 0.6 is 0 Å². The van der Waals surface area contributed by atoms with Gasteiger partial charge in [0, 0.05) is 13.1 Å². The third-order valence-corrected chi connectivity index (χ3v) is 3.30. The van der Waals surface area contributed by atoms with Crippen molar-refractivity contribution in [3.05, 3.63) is 0 Å². The fourth-order valence-electron chi connectivity index (χ4n) is 2.29. The van der Waals surface area contributed by atoms with Crippen LogP contribution in [0, 0.1) is 5.92 Å². The van der Waals surface area contributed by atoms with Gasteiger partial charge in [-0.3, -0.25) is 4.79 Å². The minimum absolute atomic E-state index is 0.234. The zero-order valence-corrected chi connectivity index (χ0v) is 10.1. The number of rotatable bonds is 6. The third-order valence-electron chi connectivity index (χ3n) is 3.30. The molecule has 15 heavy (non-hydrogen) atoms. The van der Waals surface area contributed by atoms with E-state index in [0.29, 0.717) is 6.54 Å². The van der Waals surface area contributed by atoms with Crippen LogP contribution in [-0.2, 0) is 4.79 Å². The quantitative estimate of drug-likeness (QED) is 0.726. The average molecular weight is 212 g/mol. The predicted molar refractivity (Wildman–Crippen MR) is 62.8 cm³/mol. The van der Waals surface area contributed by atoms with Gasteiger partial charge in [0.2, 0.25) is 5.91 Å². The topological polar surface area (TPSA) is 32.3 Å². The van der Waals surface area contributed by atoms with Crippen molar-refractivity contribution in [2.75, 3.05) is 26.2 Å². The largest absolute Gasteiger partial charge is 0.342 e. The molecule has 0 aromatic carbocycles. The molecule has 0 aromatic heterocycles. The second kappa shape index (κ2) is 6.83. The van der Waals surface area contributed by atoms with E-state index in [9.17, 15) is 4.79 Å². The maximum atomic E-state index is 11.6. The molecule has 0 unspecified atom stereocenters. The van der Waals surface area contributed by atoms with Gasteiger partial charge < -0.3 is 10.2 Å². The Bertz CT molecular complexity index is 184. The molecule has 1 N–H and O–H groups in total. The standard InChI is InChI=1S/C12H24N2O/c1-3-14(4-2)12(15)10-13-9-11-7-5-6-8-11/h11,13H,3-10H2,1-2H3. The molecule has 1 rings (SSSR count). The van der Waals surface area contributed by atoms with Crippen LogP contribution < -0.4 is 5.32 Å². The molecule has 0 aromatic rings. The van der Waals surface area contributed by atoms with Crippen LogP contribution in [0.15, 0.2) is 0 Å². The maximum absolute atomic E-state index is 11.6. The van der Waals surface area contributed by atoms with Gasteiger partial charge in [0.05, 0.1) is 6.54 Å². The van der Waals surface area contributed by atoms with E-state index in [-0.39, 0.29) is 5.91 Å². The minimum Gasteiger partial charge on any atom is -0.342 e. The fraction of sp³-hybridized carbons (Fsp3) is 0.917. The summed E-state index contributed by atoms with van der Waals surface area (Å²) in [5.74, 6) is 1.05. The van der Waals surface area contributed by atoms with Gasteiger partial charge in [0.25, 0.3) is 0 Å². The summed E-state index contributed by atoms with van der Waals surface area (Å²) in [6.07, 6.45) is 5.42. The van der Waals surface area contributed by atoms with Crippen molar-refractivity contribution in [2.24, 2.45) is 5.92 Å². The summed E-state index contributed by atoms with van der Waals surface area (Å²) in [6.45, 7) is 7.23. The van der Waals surface area contributed by atoms with Crippen molar-refractivity contribution >= 4 is 5.91 Å². The number of hydrogen-bond acceptors (Lipinski definition) is 2.